The van der Waals surface area contributed by atoms with E-state index < -0.39 is 17.8 Å². The monoisotopic (exact) mass is 512 g/mol. The molecule has 0 bridgehead atoms. The minimum atomic E-state index is -0.978. The number of aryl methyl sites for hydroxylation is 2. The van der Waals surface area contributed by atoms with Gasteiger partial charge >= 0.3 is 5.97 Å². The number of carboxylic acids is 1. The quantitative estimate of drug-likeness (QED) is 0.416. The van der Waals surface area contributed by atoms with Crippen LogP contribution < -0.4 is 10.1 Å². The minimum Gasteiger partial charge on any atom is -0.493 e. The second-order valence-electron chi connectivity index (χ2n) is 10.7. The van der Waals surface area contributed by atoms with Crippen molar-refractivity contribution in [2.24, 2.45) is 0 Å². The van der Waals surface area contributed by atoms with E-state index in [0.717, 1.165) is 62.3 Å². The number of unbranched alkanes of at least 4 members (excludes halogenated alkanes) is 1. The van der Waals surface area contributed by atoms with Crippen molar-refractivity contribution >= 4 is 11.8 Å². The first-order chi connectivity index (χ1) is 17.8. The number of hydrogen-bond donors (Lipinski definition) is 2. The highest BCUT2D eigenvalue weighted by atomic mass is 19.1. The van der Waals surface area contributed by atoms with E-state index in [2.05, 4.69) is 29.4 Å². The Morgan fingerprint density at radius 2 is 2.14 bits per heavy atom. The third kappa shape index (κ3) is 6.41. The molecular weight excluding hydrogens is 471 g/mol. The Kier molecular flexibility index (Phi) is 9.03. The number of likely N-dealkylation sites (N-methyl/N-ethyl adjacent to an activating group) is 1. The number of halogens is 1. The highest BCUT2D eigenvalue weighted by Gasteiger charge is 2.37. The molecule has 2 N–H and O–H groups in total. The molecular formula is C29H41FN4O3. The SMILES string of the molecule is COc1c(F)cc(C(C)C)cc1[C@@H](C(=O)O)N1CC[C@H](N(C)CCCCc2ccc3c(n2)NCCC3)C1. The summed E-state index contributed by atoms with van der Waals surface area (Å²) in [5.41, 5.74) is 3.62. The van der Waals surface area contributed by atoms with Crippen LogP contribution in [0.1, 0.15) is 73.9 Å². The predicted octanol–water partition coefficient (Wildman–Crippen LogP) is 4.87. The Balaban J connectivity index is 1.34. The summed E-state index contributed by atoms with van der Waals surface area (Å²) in [6.07, 6.45) is 6.22. The molecule has 202 valence electrons. The van der Waals surface area contributed by atoms with Gasteiger partial charge in [0, 0.05) is 36.9 Å². The van der Waals surface area contributed by atoms with Crippen molar-refractivity contribution in [3.63, 3.8) is 0 Å². The van der Waals surface area contributed by atoms with E-state index in [-0.39, 0.29) is 17.7 Å². The molecule has 7 nitrogen and oxygen atoms in total. The standard InChI is InChI=1S/C29H41FN4O3/c1-19(2)21-16-24(27(37-4)25(30)17-21)26(29(35)36)34-15-12-23(18-34)33(3)14-6-5-9-22-11-10-20-8-7-13-31-28(20)32-22/h10-11,16-17,19,23,26H,5-9,12-15,18H2,1-4H3,(H,31,32)(H,35,36)/t23-,26-/m0/s1. The molecule has 0 spiro atoms. The summed E-state index contributed by atoms with van der Waals surface area (Å²) in [4.78, 5) is 21.5. The van der Waals surface area contributed by atoms with E-state index in [1.807, 2.05) is 18.7 Å². The van der Waals surface area contributed by atoms with Gasteiger partial charge in [-0.05, 0) is 87.4 Å². The molecule has 1 fully saturated rings. The molecule has 0 amide bonds. The highest BCUT2D eigenvalue weighted by molar-refractivity contribution is 5.77. The molecule has 1 aromatic carbocycles. The Labute approximate surface area is 220 Å². The van der Waals surface area contributed by atoms with Gasteiger partial charge < -0.3 is 20.1 Å². The number of pyridine rings is 1. The summed E-state index contributed by atoms with van der Waals surface area (Å²) in [6, 6.07) is 6.93. The van der Waals surface area contributed by atoms with E-state index in [1.165, 1.54) is 25.2 Å². The number of aliphatic carboxylic acids is 1. The van der Waals surface area contributed by atoms with Crippen LogP contribution in [-0.2, 0) is 17.6 Å². The largest absolute Gasteiger partial charge is 0.493 e. The summed E-state index contributed by atoms with van der Waals surface area (Å²) in [7, 11) is 3.51. The highest BCUT2D eigenvalue weighted by Crippen LogP contribution is 2.37. The predicted molar refractivity (Wildman–Crippen MR) is 144 cm³/mol. The molecule has 8 heteroatoms. The van der Waals surface area contributed by atoms with Gasteiger partial charge in [0.25, 0.3) is 0 Å². The molecule has 2 aromatic rings. The van der Waals surface area contributed by atoms with E-state index in [0.29, 0.717) is 18.7 Å². The van der Waals surface area contributed by atoms with Gasteiger partial charge in [-0.25, -0.2) is 9.37 Å². The van der Waals surface area contributed by atoms with Crippen LogP contribution in [0.2, 0.25) is 0 Å². The van der Waals surface area contributed by atoms with Crippen LogP contribution in [0.15, 0.2) is 24.3 Å². The normalized spacial score (nSPS) is 18.6. The van der Waals surface area contributed by atoms with Crippen molar-refractivity contribution < 1.29 is 19.0 Å². The van der Waals surface area contributed by atoms with Crippen molar-refractivity contribution in [2.75, 3.05) is 45.7 Å². The summed E-state index contributed by atoms with van der Waals surface area (Å²) in [6.45, 7) is 7.16. The number of carboxylic acid groups (broad SMARTS) is 1. The maximum Gasteiger partial charge on any atom is 0.325 e. The lowest BCUT2D eigenvalue weighted by atomic mass is 9.95. The lowest BCUT2D eigenvalue weighted by Crippen LogP contribution is -2.38. The Morgan fingerprint density at radius 1 is 1.32 bits per heavy atom. The molecule has 2 atom stereocenters. The fraction of sp³-hybridized carbons (Fsp3) is 0.586. The fourth-order valence-electron chi connectivity index (χ4n) is 5.59. The lowest BCUT2D eigenvalue weighted by Gasteiger charge is -2.29. The lowest BCUT2D eigenvalue weighted by molar-refractivity contribution is -0.143. The maximum atomic E-state index is 14.8. The minimum absolute atomic E-state index is 0.0274. The Bertz CT molecular complexity index is 1090. The Morgan fingerprint density at radius 3 is 2.86 bits per heavy atom. The molecule has 37 heavy (non-hydrogen) atoms. The number of fused-ring (bicyclic) bond motifs is 1. The van der Waals surface area contributed by atoms with Crippen LogP contribution in [0, 0.1) is 5.82 Å². The van der Waals surface area contributed by atoms with Gasteiger partial charge in [0.1, 0.15) is 11.9 Å². The summed E-state index contributed by atoms with van der Waals surface area (Å²) < 4.78 is 20.1. The molecule has 0 radical (unpaired) electrons. The molecule has 0 aliphatic carbocycles. The van der Waals surface area contributed by atoms with Crippen LogP contribution in [0.25, 0.3) is 0 Å². The van der Waals surface area contributed by atoms with Crippen LogP contribution in [-0.4, -0.2) is 72.2 Å². The number of nitrogens with zero attached hydrogens (tertiary/aromatic N) is 3. The van der Waals surface area contributed by atoms with Crippen molar-refractivity contribution in [3.05, 3.63) is 52.5 Å². The zero-order valence-corrected chi connectivity index (χ0v) is 22.6. The summed E-state index contributed by atoms with van der Waals surface area (Å²) >= 11 is 0. The molecule has 3 heterocycles. The molecule has 4 rings (SSSR count). The number of rotatable bonds is 11. The number of methoxy groups -OCH3 is 1. The molecule has 0 saturated carbocycles. The second-order valence-corrected chi connectivity index (χ2v) is 10.7. The molecule has 1 saturated heterocycles. The van der Waals surface area contributed by atoms with Crippen molar-refractivity contribution in [3.8, 4) is 5.75 Å². The smallest absolute Gasteiger partial charge is 0.325 e. The molecule has 1 aromatic heterocycles. The van der Waals surface area contributed by atoms with Crippen molar-refractivity contribution in [1.29, 1.82) is 0 Å². The summed E-state index contributed by atoms with van der Waals surface area (Å²) in [5, 5.41) is 13.6. The topological polar surface area (TPSA) is 77.9 Å². The third-order valence-corrected chi connectivity index (χ3v) is 7.82. The number of benzene rings is 1. The van der Waals surface area contributed by atoms with Crippen LogP contribution >= 0.6 is 0 Å². The average molecular weight is 513 g/mol. The maximum absolute atomic E-state index is 14.8. The number of carbonyl (C=O) groups is 1. The first-order valence-corrected chi connectivity index (χ1v) is 13.6. The Hall–Kier alpha value is -2.71. The molecule has 2 aliphatic rings. The first kappa shape index (κ1) is 27.3. The molecule has 2 aliphatic heterocycles. The fourth-order valence-corrected chi connectivity index (χ4v) is 5.59. The van der Waals surface area contributed by atoms with Crippen LogP contribution in [0.3, 0.4) is 0 Å². The van der Waals surface area contributed by atoms with E-state index >= 15 is 0 Å². The molecule has 0 unspecified atom stereocenters. The van der Waals surface area contributed by atoms with Gasteiger partial charge in [-0.1, -0.05) is 19.9 Å². The van der Waals surface area contributed by atoms with E-state index in [9.17, 15) is 14.3 Å². The number of aromatic nitrogens is 1. The van der Waals surface area contributed by atoms with Gasteiger partial charge in [-0.3, -0.25) is 9.69 Å². The van der Waals surface area contributed by atoms with Crippen molar-refractivity contribution in [1.82, 2.24) is 14.8 Å². The van der Waals surface area contributed by atoms with Gasteiger partial charge in [0.15, 0.2) is 11.6 Å². The number of nitrogens with one attached hydrogen (secondary N) is 1. The third-order valence-electron chi connectivity index (χ3n) is 7.82. The number of likely N-dealkylation sites (tertiary alicyclic amines) is 1. The zero-order valence-electron chi connectivity index (χ0n) is 22.6. The zero-order chi connectivity index (χ0) is 26.5. The summed E-state index contributed by atoms with van der Waals surface area (Å²) in [5.74, 6) is -0.324. The van der Waals surface area contributed by atoms with Gasteiger partial charge in [-0.2, -0.15) is 0 Å². The number of hydrogen-bond acceptors (Lipinski definition) is 6. The van der Waals surface area contributed by atoms with Gasteiger partial charge in [-0.15, -0.1) is 0 Å². The number of ether oxygens (including phenoxy) is 1. The first-order valence-electron chi connectivity index (χ1n) is 13.6. The van der Waals surface area contributed by atoms with Gasteiger partial charge in [0.2, 0.25) is 0 Å². The van der Waals surface area contributed by atoms with Crippen LogP contribution in [0.4, 0.5) is 10.2 Å². The second kappa shape index (κ2) is 12.2. The van der Waals surface area contributed by atoms with Crippen LogP contribution in [0.5, 0.6) is 5.75 Å². The van der Waals surface area contributed by atoms with Crippen molar-refractivity contribution in [2.45, 2.75) is 70.4 Å². The average Bonchev–Trinajstić information content (AvgIpc) is 3.36. The van der Waals surface area contributed by atoms with E-state index in [4.69, 9.17) is 9.72 Å². The van der Waals surface area contributed by atoms with Gasteiger partial charge in [0.05, 0.1) is 7.11 Å². The van der Waals surface area contributed by atoms with E-state index in [1.54, 1.807) is 6.07 Å². The number of anilines is 1.